The molecule has 2 rings (SSSR count). The van der Waals surface area contributed by atoms with Crippen molar-refractivity contribution >= 4 is 11.6 Å². The zero-order chi connectivity index (χ0) is 13.7. The van der Waals surface area contributed by atoms with Crippen molar-refractivity contribution in [2.24, 2.45) is 0 Å². The monoisotopic (exact) mass is 279 g/mol. The zero-order valence-electron chi connectivity index (χ0n) is 10.6. The van der Waals surface area contributed by atoms with Crippen LogP contribution in [-0.4, -0.2) is 16.5 Å². The zero-order valence-corrected chi connectivity index (χ0v) is 11.4. The van der Waals surface area contributed by atoms with Crippen LogP contribution in [0.1, 0.15) is 30.5 Å². The molecule has 0 aliphatic rings. The molecule has 1 heterocycles. The lowest BCUT2D eigenvalue weighted by Crippen LogP contribution is -2.24. The van der Waals surface area contributed by atoms with E-state index in [1.807, 2.05) is 6.07 Å². The predicted octanol–water partition coefficient (Wildman–Crippen LogP) is 3.36. The maximum atomic E-state index is 13.6. The third kappa shape index (κ3) is 3.28. The van der Waals surface area contributed by atoms with E-state index in [1.54, 1.807) is 18.5 Å². The molecule has 0 saturated carbocycles. The van der Waals surface area contributed by atoms with E-state index in [2.05, 4.69) is 22.2 Å². The van der Waals surface area contributed by atoms with Gasteiger partial charge in [0.25, 0.3) is 0 Å². The number of rotatable bonds is 5. The van der Waals surface area contributed by atoms with Crippen LogP contribution < -0.4 is 5.32 Å². The largest absolute Gasteiger partial charge is 0.306 e. The molecular formula is C14H15ClFN3. The van der Waals surface area contributed by atoms with Crippen molar-refractivity contribution in [2.75, 3.05) is 6.54 Å². The number of hydrogen-bond acceptors (Lipinski definition) is 3. The van der Waals surface area contributed by atoms with Crippen LogP contribution in [0.25, 0.3) is 0 Å². The van der Waals surface area contributed by atoms with E-state index in [0.717, 1.165) is 18.5 Å². The Morgan fingerprint density at radius 2 is 2.05 bits per heavy atom. The summed E-state index contributed by atoms with van der Waals surface area (Å²) in [5.74, 6) is -0.417. The van der Waals surface area contributed by atoms with Crippen molar-refractivity contribution in [1.29, 1.82) is 0 Å². The Bertz CT molecular complexity index is 533. The Morgan fingerprint density at radius 1 is 1.32 bits per heavy atom. The minimum absolute atomic E-state index is 0.139. The van der Waals surface area contributed by atoms with Gasteiger partial charge >= 0.3 is 0 Å². The van der Waals surface area contributed by atoms with E-state index >= 15 is 0 Å². The highest BCUT2D eigenvalue weighted by Gasteiger charge is 2.18. The normalized spacial score (nSPS) is 12.4. The lowest BCUT2D eigenvalue weighted by molar-refractivity contribution is 0.583. The predicted molar refractivity (Wildman–Crippen MR) is 73.6 cm³/mol. The van der Waals surface area contributed by atoms with Crippen LogP contribution in [0.5, 0.6) is 0 Å². The molecule has 1 unspecified atom stereocenters. The molecule has 100 valence electrons. The van der Waals surface area contributed by atoms with Crippen LogP contribution in [-0.2, 0) is 0 Å². The van der Waals surface area contributed by atoms with E-state index in [9.17, 15) is 4.39 Å². The fourth-order valence-electron chi connectivity index (χ4n) is 1.90. The molecule has 0 fully saturated rings. The molecule has 0 saturated heterocycles. The van der Waals surface area contributed by atoms with Gasteiger partial charge in [0.1, 0.15) is 12.1 Å². The molecule has 0 aliphatic heterocycles. The average Bonchev–Trinajstić information content (AvgIpc) is 2.45. The first-order chi connectivity index (χ1) is 9.24. The first-order valence-electron chi connectivity index (χ1n) is 6.16. The van der Waals surface area contributed by atoms with Gasteiger partial charge in [0.15, 0.2) is 0 Å². The first kappa shape index (κ1) is 13.9. The third-order valence-electron chi connectivity index (χ3n) is 2.80. The number of aromatic nitrogens is 2. The third-order valence-corrected chi connectivity index (χ3v) is 3.20. The van der Waals surface area contributed by atoms with Gasteiger partial charge in [-0.25, -0.2) is 14.4 Å². The molecule has 2 aromatic rings. The van der Waals surface area contributed by atoms with Crippen molar-refractivity contribution in [2.45, 2.75) is 19.4 Å². The molecule has 0 spiro atoms. The molecule has 0 aliphatic carbocycles. The van der Waals surface area contributed by atoms with Gasteiger partial charge in [0.2, 0.25) is 0 Å². The van der Waals surface area contributed by atoms with Crippen molar-refractivity contribution in [3.05, 3.63) is 58.9 Å². The summed E-state index contributed by atoms with van der Waals surface area (Å²) in [7, 11) is 0. The van der Waals surface area contributed by atoms with Crippen LogP contribution in [0.15, 0.2) is 36.9 Å². The second-order valence-electron chi connectivity index (χ2n) is 4.20. The van der Waals surface area contributed by atoms with Crippen molar-refractivity contribution < 1.29 is 4.39 Å². The summed E-state index contributed by atoms with van der Waals surface area (Å²) in [4.78, 5) is 8.01. The van der Waals surface area contributed by atoms with E-state index in [1.165, 1.54) is 12.4 Å². The van der Waals surface area contributed by atoms with Crippen LogP contribution in [0.2, 0.25) is 5.02 Å². The summed E-state index contributed by atoms with van der Waals surface area (Å²) >= 11 is 6.06. The summed E-state index contributed by atoms with van der Waals surface area (Å²) in [6.45, 7) is 2.87. The Hall–Kier alpha value is -1.52. The molecule has 1 aromatic heterocycles. The molecule has 1 aromatic carbocycles. The SMILES string of the molecule is CCCNC(c1cncnc1)c1cccc(F)c1Cl. The van der Waals surface area contributed by atoms with Gasteiger partial charge in [0.05, 0.1) is 11.1 Å². The Kier molecular flexibility index (Phi) is 4.82. The number of hydrogen-bond donors (Lipinski definition) is 1. The van der Waals surface area contributed by atoms with Crippen LogP contribution in [0, 0.1) is 5.82 Å². The summed E-state index contributed by atoms with van der Waals surface area (Å²) < 4.78 is 13.6. The minimum atomic E-state index is -0.417. The molecular weight excluding hydrogens is 265 g/mol. The smallest absolute Gasteiger partial charge is 0.142 e. The summed E-state index contributed by atoms with van der Waals surface area (Å²) in [5.41, 5.74) is 1.56. The number of nitrogens with one attached hydrogen (secondary N) is 1. The van der Waals surface area contributed by atoms with Crippen LogP contribution >= 0.6 is 11.6 Å². The lowest BCUT2D eigenvalue weighted by Gasteiger charge is -2.20. The molecule has 19 heavy (non-hydrogen) atoms. The Balaban J connectivity index is 2.40. The first-order valence-corrected chi connectivity index (χ1v) is 6.54. The standard InChI is InChI=1S/C14H15ClFN3/c1-2-6-19-14(10-7-17-9-18-8-10)11-4-3-5-12(16)13(11)15/h3-5,7-9,14,19H,2,6H2,1H3. The summed E-state index contributed by atoms with van der Waals surface area (Å²) in [6, 6.07) is 4.61. The molecule has 0 radical (unpaired) electrons. The quantitative estimate of drug-likeness (QED) is 0.912. The Morgan fingerprint density at radius 3 is 2.74 bits per heavy atom. The van der Waals surface area contributed by atoms with Crippen molar-refractivity contribution in [3.8, 4) is 0 Å². The van der Waals surface area contributed by atoms with E-state index in [0.29, 0.717) is 5.56 Å². The second kappa shape index (κ2) is 6.59. The second-order valence-corrected chi connectivity index (χ2v) is 4.58. The van der Waals surface area contributed by atoms with Crippen LogP contribution in [0.4, 0.5) is 4.39 Å². The highest BCUT2D eigenvalue weighted by Crippen LogP contribution is 2.29. The maximum absolute atomic E-state index is 13.6. The van der Waals surface area contributed by atoms with Gasteiger partial charge in [-0.1, -0.05) is 30.7 Å². The van der Waals surface area contributed by atoms with Gasteiger partial charge in [-0.2, -0.15) is 0 Å². The molecule has 0 amide bonds. The molecule has 5 heteroatoms. The highest BCUT2D eigenvalue weighted by atomic mass is 35.5. The van der Waals surface area contributed by atoms with Crippen molar-refractivity contribution in [1.82, 2.24) is 15.3 Å². The fraction of sp³-hybridized carbons (Fsp3) is 0.286. The number of nitrogens with zero attached hydrogens (tertiary/aromatic N) is 2. The van der Waals surface area contributed by atoms with E-state index < -0.39 is 5.82 Å². The van der Waals surface area contributed by atoms with Crippen LogP contribution in [0.3, 0.4) is 0 Å². The Labute approximate surface area is 116 Å². The van der Waals surface area contributed by atoms with E-state index in [4.69, 9.17) is 11.6 Å². The molecule has 1 atom stereocenters. The van der Waals surface area contributed by atoms with Gasteiger partial charge in [-0.05, 0) is 24.6 Å². The highest BCUT2D eigenvalue weighted by molar-refractivity contribution is 6.31. The maximum Gasteiger partial charge on any atom is 0.142 e. The molecule has 1 N–H and O–H groups in total. The molecule has 3 nitrogen and oxygen atoms in total. The summed E-state index contributed by atoms with van der Waals surface area (Å²) in [6.07, 6.45) is 5.85. The van der Waals surface area contributed by atoms with Gasteiger partial charge < -0.3 is 5.32 Å². The van der Waals surface area contributed by atoms with Crippen molar-refractivity contribution in [3.63, 3.8) is 0 Å². The fourth-order valence-corrected chi connectivity index (χ4v) is 2.13. The lowest BCUT2D eigenvalue weighted by atomic mass is 10.0. The topological polar surface area (TPSA) is 37.8 Å². The van der Waals surface area contributed by atoms with Gasteiger partial charge in [-0.3, -0.25) is 0 Å². The van der Waals surface area contributed by atoms with Gasteiger partial charge in [-0.15, -0.1) is 0 Å². The summed E-state index contributed by atoms with van der Waals surface area (Å²) in [5, 5.41) is 3.48. The minimum Gasteiger partial charge on any atom is -0.306 e. The molecule has 0 bridgehead atoms. The number of halogens is 2. The van der Waals surface area contributed by atoms with Gasteiger partial charge in [0, 0.05) is 18.0 Å². The van der Waals surface area contributed by atoms with E-state index in [-0.39, 0.29) is 11.1 Å². The average molecular weight is 280 g/mol. The number of benzene rings is 1.